The van der Waals surface area contributed by atoms with Crippen LogP contribution >= 0.6 is 0 Å². The first-order valence-corrected chi connectivity index (χ1v) is 12.5. The summed E-state index contributed by atoms with van der Waals surface area (Å²) in [5.41, 5.74) is 1.15. The topological polar surface area (TPSA) is 68.5 Å². The Bertz CT molecular complexity index is 889. The molecule has 5 rings (SSSR count). The van der Waals surface area contributed by atoms with Gasteiger partial charge in [0.25, 0.3) is 0 Å². The smallest absolute Gasteiger partial charge is 0.229 e. The van der Waals surface area contributed by atoms with Crippen LogP contribution < -0.4 is 0 Å². The Labute approximate surface area is 190 Å². The standard InChI is InChI=1S/C26H35N3O3/c30-23(9-4-8-20-6-2-1-3-7-20)29-15-5-14-26(19-29,18-21-10-11-21)25-27-24(32-28-25)22-12-16-31-17-13-22/h1-3,6-7,21-22H,4-5,8-19H2. The largest absolute Gasteiger partial charge is 0.381 e. The van der Waals surface area contributed by atoms with Crippen LogP contribution in [0.5, 0.6) is 0 Å². The number of carbonyl (C=O) groups excluding carboxylic acids is 1. The first-order valence-electron chi connectivity index (χ1n) is 12.5. The van der Waals surface area contributed by atoms with E-state index in [-0.39, 0.29) is 11.3 Å². The highest BCUT2D eigenvalue weighted by molar-refractivity contribution is 5.76. The van der Waals surface area contributed by atoms with Gasteiger partial charge in [0.2, 0.25) is 11.8 Å². The van der Waals surface area contributed by atoms with Crippen LogP contribution in [0.25, 0.3) is 0 Å². The number of ether oxygens (including phenoxy) is 1. The van der Waals surface area contributed by atoms with Gasteiger partial charge in [-0.25, -0.2) is 0 Å². The van der Waals surface area contributed by atoms with Gasteiger partial charge in [0.15, 0.2) is 5.82 Å². The molecule has 0 radical (unpaired) electrons. The van der Waals surface area contributed by atoms with E-state index in [0.717, 1.165) is 88.9 Å². The molecule has 32 heavy (non-hydrogen) atoms. The predicted molar refractivity (Wildman–Crippen MR) is 121 cm³/mol. The number of carbonyl (C=O) groups is 1. The van der Waals surface area contributed by atoms with Gasteiger partial charge in [-0.15, -0.1) is 0 Å². The molecular formula is C26H35N3O3. The average Bonchev–Trinajstić information content (AvgIpc) is 3.50. The van der Waals surface area contributed by atoms with E-state index >= 15 is 0 Å². The minimum atomic E-state index is -0.151. The Morgan fingerprint density at radius 3 is 2.72 bits per heavy atom. The number of amides is 1. The molecule has 1 aromatic carbocycles. The highest BCUT2D eigenvalue weighted by Crippen LogP contribution is 2.46. The Kier molecular flexibility index (Phi) is 6.58. The zero-order valence-electron chi connectivity index (χ0n) is 19.0. The van der Waals surface area contributed by atoms with E-state index < -0.39 is 0 Å². The van der Waals surface area contributed by atoms with Gasteiger partial charge < -0.3 is 14.2 Å². The van der Waals surface area contributed by atoms with Crippen LogP contribution in [-0.2, 0) is 21.4 Å². The van der Waals surface area contributed by atoms with Gasteiger partial charge in [0.1, 0.15) is 0 Å². The molecule has 3 fully saturated rings. The van der Waals surface area contributed by atoms with Crippen molar-refractivity contribution >= 4 is 5.91 Å². The van der Waals surface area contributed by atoms with Gasteiger partial charge in [-0.1, -0.05) is 48.3 Å². The number of aryl methyl sites for hydroxylation is 1. The minimum absolute atomic E-state index is 0.151. The second-order valence-corrected chi connectivity index (χ2v) is 10.0. The van der Waals surface area contributed by atoms with E-state index in [1.165, 1.54) is 18.4 Å². The van der Waals surface area contributed by atoms with Crippen LogP contribution in [-0.4, -0.2) is 47.3 Å². The maximum absolute atomic E-state index is 13.1. The number of aromatic nitrogens is 2. The molecule has 2 aromatic rings. The van der Waals surface area contributed by atoms with E-state index in [2.05, 4.69) is 34.3 Å². The fraction of sp³-hybridized carbons (Fsp3) is 0.654. The van der Waals surface area contributed by atoms with Crippen molar-refractivity contribution in [3.05, 3.63) is 47.6 Å². The lowest BCUT2D eigenvalue weighted by atomic mass is 9.74. The Balaban J connectivity index is 1.26. The van der Waals surface area contributed by atoms with Gasteiger partial charge >= 0.3 is 0 Å². The lowest BCUT2D eigenvalue weighted by Gasteiger charge is -2.41. The van der Waals surface area contributed by atoms with Crippen molar-refractivity contribution in [3.63, 3.8) is 0 Å². The molecule has 0 bridgehead atoms. The Morgan fingerprint density at radius 2 is 1.94 bits per heavy atom. The van der Waals surface area contributed by atoms with Crippen molar-refractivity contribution in [1.29, 1.82) is 0 Å². The van der Waals surface area contributed by atoms with Crippen molar-refractivity contribution in [2.45, 2.75) is 75.5 Å². The first-order chi connectivity index (χ1) is 15.7. The number of benzene rings is 1. The summed E-state index contributed by atoms with van der Waals surface area (Å²) in [6.07, 6.45) is 10.1. The van der Waals surface area contributed by atoms with Crippen molar-refractivity contribution in [2.75, 3.05) is 26.3 Å². The van der Waals surface area contributed by atoms with Gasteiger partial charge in [-0.05, 0) is 56.4 Å². The lowest BCUT2D eigenvalue weighted by molar-refractivity contribution is -0.133. The second kappa shape index (κ2) is 9.74. The van der Waals surface area contributed by atoms with Crippen LogP contribution in [0.3, 0.4) is 0 Å². The summed E-state index contributed by atoms with van der Waals surface area (Å²) >= 11 is 0. The molecule has 0 N–H and O–H groups in total. The molecule has 3 heterocycles. The zero-order valence-corrected chi connectivity index (χ0v) is 19.0. The summed E-state index contributed by atoms with van der Waals surface area (Å²) in [6, 6.07) is 10.4. The fourth-order valence-electron chi connectivity index (χ4n) is 5.47. The third-order valence-corrected chi connectivity index (χ3v) is 7.49. The maximum Gasteiger partial charge on any atom is 0.229 e. The molecule has 1 aromatic heterocycles. The number of rotatable bonds is 8. The normalized spacial score (nSPS) is 24.6. The van der Waals surface area contributed by atoms with Gasteiger partial charge in [0.05, 0.1) is 5.41 Å². The molecule has 1 atom stereocenters. The molecule has 172 valence electrons. The van der Waals surface area contributed by atoms with E-state index in [9.17, 15) is 4.79 Å². The first kappa shape index (κ1) is 21.6. The summed E-state index contributed by atoms with van der Waals surface area (Å²) < 4.78 is 11.3. The summed E-state index contributed by atoms with van der Waals surface area (Å²) in [6.45, 7) is 3.11. The molecule has 1 amide bonds. The molecule has 2 aliphatic heterocycles. The quantitative estimate of drug-likeness (QED) is 0.601. The molecule has 6 heteroatoms. The van der Waals surface area contributed by atoms with Gasteiger partial charge in [-0.2, -0.15) is 4.98 Å². The number of likely N-dealkylation sites (tertiary alicyclic amines) is 1. The van der Waals surface area contributed by atoms with E-state index in [1.807, 2.05) is 6.07 Å². The third-order valence-electron chi connectivity index (χ3n) is 7.49. The highest BCUT2D eigenvalue weighted by atomic mass is 16.5. The molecule has 0 spiro atoms. The SMILES string of the molecule is O=C(CCCc1ccccc1)N1CCCC(CC2CC2)(c2noc(C3CCOCC3)n2)C1. The molecule has 6 nitrogen and oxygen atoms in total. The molecule has 1 aliphatic carbocycles. The van der Waals surface area contributed by atoms with Crippen LogP contribution in [0.2, 0.25) is 0 Å². The number of hydrogen-bond acceptors (Lipinski definition) is 5. The zero-order chi connectivity index (χ0) is 21.8. The van der Waals surface area contributed by atoms with Crippen LogP contribution in [0.4, 0.5) is 0 Å². The predicted octanol–water partition coefficient (Wildman–Crippen LogP) is 4.65. The number of nitrogens with zero attached hydrogens (tertiary/aromatic N) is 3. The summed E-state index contributed by atoms with van der Waals surface area (Å²) in [7, 11) is 0. The summed E-state index contributed by atoms with van der Waals surface area (Å²) in [5, 5.41) is 4.50. The maximum atomic E-state index is 13.1. The van der Waals surface area contributed by atoms with Crippen LogP contribution in [0.1, 0.15) is 81.0 Å². The second-order valence-electron chi connectivity index (χ2n) is 10.0. The average molecular weight is 438 g/mol. The van der Waals surface area contributed by atoms with Crippen molar-refractivity contribution in [1.82, 2.24) is 15.0 Å². The van der Waals surface area contributed by atoms with Crippen LogP contribution in [0.15, 0.2) is 34.9 Å². The molecule has 2 saturated heterocycles. The number of hydrogen-bond donors (Lipinski definition) is 0. The molecule has 3 aliphatic rings. The van der Waals surface area contributed by atoms with E-state index in [0.29, 0.717) is 12.3 Å². The monoisotopic (exact) mass is 437 g/mol. The van der Waals surface area contributed by atoms with Crippen molar-refractivity contribution in [3.8, 4) is 0 Å². The van der Waals surface area contributed by atoms with Crippen molar-refractivity contribution in [2.24, 2.45) is 5.92 Å². The Hall–Kier alpha value is -2.21. The van der Waals surface area contributed by atoms with Crippen LogP contribution in [0, 0.1) is 5.92 Å². The summed E-state index contributed by atoms with van der Waals surface area (Å²) in [5.74, 6) is 2.93. The van der Waals surface area contributed by atoms with Gasteiger partial charge in [-0.3, -0.25) is 4.79 Å². The third kappa shape index (κ3) is 5.06. The molecule has 1 saturated carbocycles. The fourth-order valence-corrected chi connectivity index (χ4v) is 5.47. The Morgan fingerprint density at radius 1 is 1.12 bits per heavy atom. The highest BCUT2D eigenvalue weighted by Gasteiger charge is 2.46. The van der Waals surface area contributed by atoms with E-state index in [1.54, 1.807) is 0 Å². The lowest BCUT2D eigenvalue weighted by Crippen LogP contribution is -2.49. The summed E-state index contributed by atoms with van der Waals surface area (Å²) in [4.78, 5) is 20.1. The van der Waals surface area contributed by atoms with Crippen molar-refractivity contribution < 1.29 is 14.1 Å². The van der Waals surface area contributed by atoms with E-state index in [4.69, 9.17) is 14.2 Å². The minimum Gasteiger partial charge on any atom is -0.381 e. The van der Waals surface area contributed by atoms with Gasteiger partial charge in [0, 0.05) is 38.6 Å². The number of piperidine rings is 1. The molecule has 1 unspecified atom stereocenters. The molecular weight excluding hydrogens is 402 g/mol.